The van der Waals surface area contributed by atoms with Crippen molar-refractivity contribution >= 4 is 22.6 Å². The molecule has 1 saturated carbocycles. The van der Waals surface area contributed by atoms with E-state index in [0.717, 1.165) is 19.3 Å². The Morgan fingerprint density at radius 2 is 1.82 bits per heavy atom. The first kappa shape index (κ1) is 18.7. The minimum atomic E-state index is -0.546. The number of rotatable bonds is 4. The summed E-state index contributed by atoms with van der Waals surface area (Å²) in [7, 11) is 0. The van der Waals surface area contributed by atoms with E-state index in [2.05, 4.69) is 4.98 Å². The number of pyridine rings is 1. The summed E-state index contributed by atoms with van der Waals surface area (Å²) < 4.78 is 13.8. The van der Waals surface area contributed by atoms with Gasteiger partial charge in [-0.05, 0) is 36.8 Å². The van der Waals surface area contributed by atoms with Gasteiger partial charge in [0.2, 0.25) is 11.8 Å². The van der Waals surface area contributed by atoms with Crippen molar-refractivity contribution in [1.82, 2.24) is 14.8 Å². The summed E-state index contributed by atoms with van der Waals surface area (Å²) in [5.74, 6) is -0.109. The largest absolute Gasteiger partial charge is 0.339 e. The number of amides is 2. The molecule has 2 amide bonds. The van der Waals surface area contributed by atoms with Gasteiger partial charge in [-0.15, -0.1) is 0 Å². The lowest BCUT2D eigenvalue weighted by Crippen LogP contribution is -2.52. The molecule has 0 radical (unpaired) electrons. The van der Waals surface area contributed by atoms with Crippen molar-refractivity contribution in [3.8, 4) is 0 Å². The molecule has 7 heteroatoms. The van der Waals surface area contributed by atoms with Crippen LogP contribution in [0.1, 0.15) is 31.4 Å². The van der Waals surface area contributed by atoms with Gasteiger partial charge in [0.1, 0.15) is 5.82 Å². The quantitative estimate of drug-likeness (QED) is 0.876. The van der Waals surface area contributed by atoms with E-state index >= 15 is 0 Å². The van der Waals surface area contributed by atoms with Gasteiger partial charge in [0, 0.05) is 44.2 Å². The van der Waals surface area contributed by atoms with Crippen LogP contribution >= 0.6 is 0 Å². The van der Waals surface area contributed by atoms with E-state index in [-0.39, 0.29) is 29.5 Å². The highest BCUT2D eigenvalue weighted by Gasteiger charge is 2.31. The first-order chi connectivity index (χ1) is 13.5. The van der Waals surface area contributed by atoms with Crippen molar-refractivity contribution in [3.63, 3.8) is 0 Å². The molecule has 4 rings (SSSR count). The third kappa shape index (κ3) is 3.66. The Bertz CT molecular complexity index is 959. The Morgan fingerprint density at radius 1 is 1.11 bits per heavy atom. The summed E-state index contributed by atoms with van der Waals surface area (Å²) in [6.45, 7) is 2.29. The fourth-order valence-electron chi connectivity index (χ4n) is 3.96. The van der Waals surface area contributed by atoms with Crippen molar-refractivity contribution in [2.45, 2.75) is 32.1 Å². The molecule has 1 aliphatic heterocycles. The standard InChI is InChI=1S/C21H24FN3O3/c22-17-6-2-5-15-13-16(23-20(27)19(15)17)7-8-18(26)24-9-11-25(12-10-24)21(28)14-3-1-4-14/h2,5-6,13-14H,1,3-4,7-12H2,(H,23,27). The molecule has 2 fully saturated rings. The van der Waals surface area contributed by atoms with E-state index in [1.165, 1.54) is 6.07 Å². The van der Waals surface area contributed by atoms with Gasteiger partial charge in [-0.1, -0.05) is 18.6 Å². The number of hydrogen-bond acceptors (Lipinski definition) is 3. The van der Waals surface area contributed by atoms with Gasteiger partial charge in [-0.2, -0.15) is 0 Å². The smallest absolute Gasteiger partial charge is 0.258 e. The van der Waals surface area contributed by atoms with Gasteiger partial charge in [-0.25, -0.2) is 4.39 Å². The highest BCUT2D eigenvalue weighted by Crippen LogP contribution is 2.28. The van der Waals surface area contributed by atoms with Crippen LogP contribution in [0, 0.1) is 11.7 Å². The normalized spacial score (nSPS) is 17.6. The molecule has 1 aromatic heterocycles. The molecule has 0 atom stereocenters. The van der Waals surface area contributed by atoms with Crippen molar-refractivity contribution in [3.05, 3.63) is 46.1 Å². The highest BCUT2D eigenvalue weighted by molar-refractivity contribution is 5.83. The van der Waals surface area contributed by atoms with Crippen LogP contribution in [0.3, 0.4) is 0 Å². The number of fused-ring (bicyclic) bond motifs is 1. The molecule has 28 heavy (non-hydrogen) atoms. The SMILES string of the molecule is O=C(CCc1cc2cccc(F)c2c(=O)[nH]1)N1CCN(C(=O)C2CCC2)CC1. The van der Waals surface area contributed by atoms with Crippen LogP contribution < -0.4 is 5.56 Å². The summed E-state index contributed by atoms with van der Waals surface area (Å²) >= 11 is 0. The number of piperazine rings is 1. The Hall–Kier alpha value is -2.70. The summed E-state index contributed by atoms with van der Waals surface area (Å²) in [5.41, 5.74) is 0.149. The zero-order valence-electron chi connectivity index (χ0n) is 15.7. The van der Waals surface area contributed by atoms with E-state index in [4.69, 9.17) is 0 Å². The lowest BCUT2D eigenvalue weighted by molar-refractivity contribution is -0.144. The highest BCUT2D eigenvalue weighted by atomic mass is 19.1. The maximum atomic E-state index is 13.8. The molecule has 2 aliphatic rings. The number of nitrogens with zero attached hydrogens (tertiary/aromatic N) is 2. The number of carbonyl (C=O) groups is 2. The number of aryl methyl sites for hydroxylation is 1. The van der Waals surface area contributed by atoms with E-state index in [1.54, 1.807) is 23.1 Å². The summed E-state index contributed by atoms with van der Waals surface area (Å²) in [5, 5.41) is 0.583. The molecule has 0 unspecified atom stereocenters. The second kappa shape index (κ2) is 7.73. The van der Waals surface area contributed by atoms with Crippen LogP contribution in [0.25, 0.3) is 10.8 Å². The molecule has 2 heterocycles. The van der Waals surface area contributed by atoms with Gasteiger partial charge >= 0.3 is 0 Å². The Kier molecular flexibility index (Phi) is 5.15. The molecule has 148 valence electrons. The number of aromatic amines is 1. The Morgan fingerprint density at radius 3 is 2.50 bits per heavy atom. The molecule has 6 nitrogen and oxygen atoms in total. The molecule has 1 aliphatic carbocycles. The predicted molar refractivity (Wildman–Crippen MR) is 103 cm³/mol. The first-order valence-corrected chi connectivity index (χ1v) is 9.90. The summed E-state index contributed by atoms with van der Waals surface area (Å²) in [6.07, 6.45) is 3.78. The summed E-state index contributed by atoms with van der Waals surface area (Å²) in [4.78, 5) is 43.3. The maximum absolute atomic E-state index is 13.8. The number of H-pyrrole nitrogens is 1. The minimum Gasteiger partial charge on any atom is -0.339 e. The molecule has 1 aromatic carbocycles. The summed E-state index contributed by atoms with van der Waals surface area (Å²) in [6, 6.07) is 6.24. The van der Waals surface area contributed by atoms with Gasteiger partial charge in [0.15, 0.2) is 0 Å². The lowest BCUT2D eigenvalue weighted by atomic mass is 9.84. The van der Waals surface area contributed by atoms with Crippen molar-refractivity contribution in [2.24, 2.45) is 5.92 Å². The number of nitrogens with one attached hydrogen (secondary N) is 1. The van der Waals surface area contributed by atoms with Crippen LogP contribution in [0.15, 0.2) is 29.1 Å². The predicted octanol–water partition coefficient (Wildman–Crippen LogP) is 2.07. The maximum Gasteiger partial charge on any atom is 0.258 e. The average Bonchev–Trinajstić information content (AvgIpc) is 2.64. The van der Waals surface area contributed by atoms with E-state index in [1.807, 2.05) is 4.90 Å². The second-order valence-electron chi connectivity index (χ2n) is 7.66. The van der Waals surface area contributed by atoms with Crippen LogP contribution in [-0.4, -0.2) is 52.8 Å². The molecular formula is C21H24FN3O3. The van der Waals surface area contributed by atoms with Crippen molar-refractivity contribution in [1.29, 1.82) is 0 Å². The zero-order chi connectivity index (χ0) is 19.7. The molecule has 0 bridgehead atoms. The first-order valence-electron chi connectivity index (χ1n) is 9.90. The van der Waals surface area contributed by atoms with Crippen LogP contribution in [0.4, 0.5) is 4.39 Å². The van der Waals surface area contributed by atoms with E-state index in [9.17, 15) is 18.8 Å². The number of halogens is 1. The van der Waals surface area contributed by atoms with Gasteiger partial charge in [-0.3, -0.25) is 14.4 Å². The second-order valence-corrected chi connectivity index (χ2v) is 7.66. The molecule has 1 saturated heterocycles. The van der Waals surface area contributed by atoms with Crippen LogP contribution in [0.2, 0.25) is 0 Å². The zero-order valence-corrected chi connectivity index (χ0v) is 15.7. The lowest BCUT2D eigenvalue weighted by Gasteiger charge is -2.38. The third-order valence-electron chi connectivity index (χ3n) is 5.88. The van der Waals surface area contributed by atoms with E-state index in [0.29, 0.717) is 43.7 Å². The van der Waals surface area contributed by atoms with E-state index < -0.39 is 11.4 Å². The van der Waals surface area contributed by atoms with Crippen molar-refractivity contribution in [2.75, 3.05) is 26.2 Å². The van der Waals surface area contributed by atoms with Crippen molar-refractivity contribution < 1.29 is 14.0 Å². The topological polar surface area (TPSA) is 73.5 Å². The molecular weight excluding hydrogens is 361 g/mol. The monoisotopic (exact) mass is 385 g/mol. The average molecular weight is 385 g/mol. The third-order valence-corrected chi connectivity index (χ3v) is 5.88. The number of hydrogen-bond donors (Lipinski definition) is 1. The van der Waals surface area contributed by atoms with Gasteiger partial charge in [0.05, 0.1) is 5.39 Å². The van der Waals surface area contributed by atoms with Gasteiger partial charge < -0.3 is 14.8 Å². The molecule has 0 spiro atoms. The van der Waals surface area contributed by atoms with Crippen LogP contribution in [-0.2, 0) is 16.0 Å². The Balaban J connectivity index is 1.33. The van der Waals surface area contributed by atoms with Gasteiger partial charge in [0.25, 0.3) is 5.56 Å². The fraction of sp³-hybridized carbons (Fsp3) is 0.476. The molecule has 2 aromatic rings. The molecule has 1 N–H and O–H groups in total. The number of aromatic nitrogens is 1. The number of carbonyl (C=O) groups excluding carboxylic acids is 2. The Labute approximate surface area is 162 Å². The minimum absolute atomic E-state index is 0.0101. The number of benzene rings is 1. The van der Waals surface area contributed by atoms with Crippen LogP contribution in [0.5, 0.6) is 0 Å². The fourth-order valence-corrected chi connectivity index (χ4v) is 3.96.